The van der Waals surface area contributed by atoms with E-state index in [1.165, 1.54) is 6.07 Å². The number of amides is 1. The van der Waals surface area contributed by atoms with Gasteiger partial charge in [0.1, 0.15) is 11.9 Å². The number of alkyl halides is 2. The highest BCUT2D eigenvalue weighted by atomic mass is 35.5. The molecule has 1 amide bonds. The van der Waals surface area contributed by atoms with E-state index < -0.39 is 30.5 Å². The van der Waals surface area contributed by atoms with Crippen LogP contribution in [0.2, 0.25) is 5.02 Å². The molecule has 1 saturated heterocycles. The first-order chi connectivity index (χ1) is 7.90. The van der Waals surface area contributed by atoms with Gasteiger partial charge in [-0.2, -0.15) is 0 Å². The fourth-order valence-corrected chi connectivity index (χ4v) is 1.65. The van der Waals surface area contributed by atoms with Crippen molar-refractivity contribution in [3.63, 3.8) is 0 Å². The van der Waals surface area contributed by atoms with Gasteiger partial charge in [-0.05, 0) is 17.7 Å². The molecule has 1 fully saturated rings. The SMILES string of the molecule is O=C1N[C@@H](c2ccc(Cl)c(F)c2)C(F)(F)CO1. The Balaban J connectivity index is 2.36. The fraction of sp³-hybridized carbons (Fsp3) is 0.300. The van der Waals surface area contributed by atoms with Crippen molar-refractivity contribution in [3.8, 4) is 0 Å². The number of rotatable bonds is 1. The predicted molar refractivity (Wildman–Crippen MR) is 53.6 cm³/mol. The largest absolute Gasteiger partial charge is 0.443 e. The second-order valence-electron chi connectivity index (χ2n) is 3.59. The zero-order valence-corrected chi connectivity index (χ0v) is 9.10. The number of carbonyl (C=O) groups is 1. The third-order valence-electron chi connectivity index (χ3n) is 2.36. The van der Waals surface area contributed by atoms with E-state index in [-0.39, 0.29) is 10.6 Å². The van der Waals surface area contributed by atoms with Crippen molar-refractivity contribution in [2.75, 3.05) is 6.61 Å². The van der Waals surface area contributed by atoms with Crippen LogP contribution in [-0.2, 0) is 4.74 Å². The number of cyclic esters (lactones) is 1. The monoisotopic (exact) mass is 265 g/mol. The maximum Gasteiger partial charge on any atom is 0.408 e. The van der Waals surface area contributed by atoms with Gasteiger partial charge in [-0.3, -0.25) is 0 Å². The summed E-state index contributed by atoms with van der Waals surface area (Å²) in [5, 5.41) is 1.78. The summed E-state index contributed by atoms with van der Waals surface area (Å²) in [5.74, 6) is -4.12. The van der Waals surface area contributed by atoms with Gasteiger partial charge in [0.15, 0.2) is 6.61 Å². The summed E-state index contributed by atoms with van der Waals surface area (Å²) in [4.78, 5) is 10.9. The van der Waals surface area contributed by atoms with Crippen molar-refractivity contribution in [1.29, 1.82) is 0 Å². The van der Waals surface area contributed by atoms with Crippen molar-refractivity contribution >= 4 is 17.7 Å². The Morgan fingerprint density at radius 1 is 1.47 bits per heavy atom. The van der Waals surface area contributed by atoms with E-state index in [2.05, 4.69) is 4.74 Å². The van der Waals surface area contributed by atoms with Gasteiger partial charge < -0.3 is 10.1 Å². The van der Waals surface area contributed by atoms with Gasteiger partial charge in [-0.25, -0.2) is 18.0 Å². The minimum absolute atomic E-state index is 0.0615. The molecule has 1 aromatic rings. The minimum atomic E-state index is -3.30. The summed E-state index contributed by atoms with van der Waals surface area (Å²) in [6.45, 7) is -1.03. The van der Waals surface area contributed by atoms with Crippen LogP contribution < -0.4 is 5.32 Å². The van der Waals surface area contributed by atoms with E-state index in [0.29, 0.717) is 0 Å². The van der Waals surface area contributed by atoms with Crippen molar-refractivity contribution in [1.82, 2.24) is 5.32 Å². The molecular formula is C10H7ClF3NO2. The van der Waals surface area contributed by atoms with E-state index >= 15 is 0 Å². The van der Waals surface area contributed by atoms with Crippen molar-refractivity contribution in [3.05, 3.63) is 34.6 Å². The number of ether oxygens (including phenoxy) is 1. The van der Waals surface area contributed by atoms with Gasteiger partial charge in [0.25, 0.3) is 0 Å². The minimum Gasteiger partial charge on any atom is -0.443 e. The van der Waals surface area contributed by atoms with Gasteiger partial charge >= 0.3 is 12.0 Å². The molecule has 0 unspecified atom stereocenters. The highest BCUT2D eigenvalue weighted by Crippen LogP contribution is 2.35. The molecule has 1 aliphatic rings. The van der Waals surface area contributed by atoms with Gasteiger partial charge in [0.05, 0.1) is 5.02 Å². The first kappa shape index (κ1) is 12.0. The number of hydrogen-bond acceptors (Lipinski definition) is 2. The average Bonchev–Trinajstić information content (AvgIpc) is 2.26. The van der Waals surface area contributed by atoms with Gasteiger partial charge in [0, 0.05) is 0 Å². The Kier molecular flexibility index (Phi) is 2.91. The lowest BCUT2D eigenvalue weighted by atomic mass is 10.00. The molecule has 7 heteroatoms. The van der Waals surface area contributed by atoms with Crippen LogP contribution in [0.25, 0.3) is 0 Å². The van der Waals surface area contributed by atoms with Crippen molar-refractivity contribution < 1.29 is 22.7 Å². The third kappa shape index (κ3) is 2.31. The summed E-state index contributed by atoms with van der Waals surface area (Å²) >= 11 is 5.44. The lowest BCUT2D eigenvalue weighted by molar-refractivity contribution is -0.104. The molecule has 1 aliphatic heterocycles. The Bertz CT molecular complexity index is 467. The highest BCUT2D eigenvalue weighted by Gasteiger charge is 2.46. The van der Waals surface area contributed by atoms with E-state index in [9.17, 15) is 18.0 Å². The highest BCUT2D eigenvalue weighted by molar-refractivity contribution is 6.30. The Morgan fingerprint density at radius 2 is 2.18 bits per heavy atom. The topological polar surface area (TPSA) is 38.3 Å². The lowest BCUT2D eigenvalue weighted by Gasteiger charge is -2.31. The summed E-state index contributed by atoms with van der Waals surface area (Å²) in [7, 11) is 0. The lowest BCUT2D eigenvalue weighted by Crippen LogP contribution is -2.49. The van der Waals surface area contributed by atoms with Crippen molar-refractivity contribution in [2.24, 2.45) is 0 Å². The molecule has 17 heavy (non-hydrogen) atoms. The molecule has 0 aromatic heterocycles. The van der Waals surface area contributed by atoms with Crippen LogP contribution in [0.3, 0.4) is 0 Å². The summed E-state index contributed by atoms with van der Waals surface area (Å²) < 4.78 is 44.3. The van der Waals surface area contributed by atoms with E-state index in [0.717, 1.165) is 12.1 Å². The third-order valence-corrected chi connectivity index (χ3v) is 2.66. The zero-order chi connectivity index (χ0) is 12.6. The second-order valence-corrected chi connectivity index (χ2v) is 4.00. The summed E-state index contributed by atoms with van der Waals surface area (Å²) in [6, 6.07) is 1.64. The quantitative estimate of drug-likeness (QED) is 0.848. The van der Waals surface area contributed by atoms with Gasteiger partial charge in [-0.15, -0.1) is 0 Å². The van der Waals surface area contributed by atoms with E-state index in [1.54, 1.807) is 0 Å². The zero-order valence-electron chi connectivity index (χ0n) is 8.34. The molecule has 0 aliphatic carbocycles. The molecule has 3 nitrogen and oxygen atoms in total. The second kappa shape index (κ2) is 4.10. The standard InChI is InChI=1S/C10H7ClF3NO2/c11-6-2-1-5(3-7(6)12)8-10(13,14)4-17-9(16)15-8/h1-3,8H,4H2,(H,15,16)/t8-/m0/s1. The maximum absolute atomic E-state index is 13.5. The van der Waals surface area contributed by atoms with Crippen LogP contribution >= 0.6 is 11.6 Å². The smallest absolute Gasteiger partial charge is 0.408 e. The molecule has 1 heterocycles. The average molecular weight is 266 g/mol. The molecule has 92 valence electrons. The molecule has 1 N–H and O–H groups in total. The number of benzene rings is 1. The van der Waals surface area contributed by atoms with Crippen LogP contribution in [0.4, 0.5) is 18.0 Å². The first-order valence-corrected chi connectivity index (χ1v) is 5.04. The van der Waals surface area contributed by atoms with Crippen LogP contribution in [-0.4, -0.2) is 18.6 Å². The fourth-order valence-electron chi connectivity index (χ4n) is 1.53. The Hall–Kier alpha value is -1.43. The molecule has 0 bridgehead atoms. The van der Waals surface area contributed by atoms with Crippen molar-refractivity contribution in [2.45, 2.75) is 12.0 Å². The number of halogens is 4. The first-order valence-electron chi connectivity index (χ1n) is 4.66. The molecule has 1 atom stereocenters. The Labute approximate surface area is 99.5 Å². The Morgan fingerprint density at radius 3 is 2.82 bits per heavy atom. The molecule has 1 aromatic carbocycles. The molecule has 0 spiro atoms. The maximum atomic E-state index is 13.5. The van der Waals surface area contributed by atoms with Gasteiger partial charge in [-0.1, -0.05) is 17.7 Å². The number of carbonyl (C=O) groups excluding carboxylic acids is 1. The number of hydrogen-bond donors (Lipinski definition) is 1. The number of nitrogens with one attached hydrogen (secondary N) is 1. The van der Waals surface area contributed by atoms with Crippen LogP contribution in [0.5, 0.6) is 0 Å². The molecular weight excluding hydrogens is 259 g/mol. The molecule has 2 rings (SSSR count). The van der Waals surface area contributed by atoms with Crippen LogP contribution in [0, 0.1) is 5.82 Å². The number of alkyl carbamates (subject to hydrolysis) is 1. The summed E-state index contributed by atoms with van der Waals surface area (Å²) in [6.07, 6.45) is -0.962. The summed E-state index contributed by atoms with van der Waals surface area (Å²) in [5.41, 5.74) is -0.0615. The van der Waals surface area contributed by atoms with Crippen LogP contribution in [0.15, 0.2) is 18.2 Å². The predicted octanol–water partition coefficient (Wildman–Crippen LogP) is 2.90. The molecule has 0 radical (unpaired) electrons. The van der Waals surface area contributed by atoms with E-state index in [4.69, 9.17) is 11.6 Å². The van der Waals surface area contributed by atoms with Crippen LogP contribution in [0.1, 0.15) is 11.6 Å². The normalized spacial score (nSPS) is 22.8. The van der Waals surface area contributed by atoms with E-state index in [1.807, 2.05) is 5.32 Å². The molecule has 0 saturated carbocycles. The van der Waals surface area contributed by atoms with Gasteiger partial charge in [0.2, 0.25) is 0 Å².